The Morgan fingerprint density at radius 1 is 1.48 bits per heavy atom. The second kappa shape index (κ2) is 5.51. The number of anilines is 1. The van der Waals surface area contributed by atoms with E-state index in [1.807, 2.05) is 28.7 Å². The lowest BCUT2D eigenvalue weighted by Crippen LogP contribution is -2.37. The number of imidazole rings is 1. The summed E-state index contributed by atoms with van der Waals surface area (Å²) >= 11 is 0. The van der Waals surface area contributed by atoms with Crippen molar-refractivity contribution in [2.45, 2.75) is 6.92 Å². The molecular formula is C14H17N5O2. The van der Waals surface area contributed by atoms with Gasteiger partial charge in [-0.15, -0.1) is 0 Å². The minimum absolute atomic E-state index is 0.211. The van der Waals surface area contributed by atoms with E-state index in [0.29, 0.717) is 31.3 Å². The molecule has 1 aliphatic heterocycles. The smallest absolute Gasteiger partial charge is 0.314 e. The van der Waals surface area contributed by atoms with E-state index in [1.165, 1.54) is 0 Å². The zero-order valence-corrected chi connectivity index (χ0v) is 12.1. The molecule has 0 amide bonds. The zero-order chi connectivity index (χ0) is 14.8. The molecule has 7 nitrogen and oxygen atoms in total. The van der Waals surface area contributed by atoms with Gasteiger partial charge in [-0.1, -0.05) is 12.2 Å². The molecule has 0 N–H and O–H groups in total. The van der Waals surface area contributed by atoms with Gasteiger partial charge in [0.1, 0.15) is 5.52 Å². The average Bonchev–Trinajstić information content (AvgIpc) is 2.88. The lowest BCUT2D eigenvalue weighted by atomic mass is 10.1. The van der Waals surface area contributed by atoms with Gasteiger partial charge in [0.2, 0.25) is 5.95 Å². The second-order valence-electron chi connectivity index (χ2n) is 4.93. The van der Waals surface area contributed by atoms with Crippen molar-refractivity contribution >= 4 is 23.1 Å². The number of aromatic nitrogens is 4. The van der Waals surface area contributed by atoms with E-state index in [9.17, 15) is 4.79 Å². The van der Waals surface area contributed by atoms with Gasteiger partial charge in [-0.3, -0.25) is 4.79 Å². The summed E-state index contributed by atoms with van der Waals surface area (Å²) < 4.78 is 6.94. The largest absolute Gasteiger partial charge is 0.465 e. The minimum Gasteiger partial charge on any atom is -0.465 e. The summed E-state index contributed by atoms with van der Waals surface area (Å²) in [6, 6.07) is 0. The Bertz CT molecular complexity index is 694. The molecule has 0 radical (unpaired) electrons. The van der Waals surface area contributed by atoms with Gasteiger partial charge in [0, 0.05) is 20.1 Å². The highest BCUT2D eigenvalue weighted by Gasteiger charge is 2.24. The van der Waals surface area contributed by atoms with Crippen molar-refractivity contribution in [3.63, 3.8) is 0 Å². The van der Waals surface area contributed by atoms with Crippen LogP contribution in [0.1, 0.15) is 6.92 Å². The SMILES string of the molecule is CCOC(=O)C1C=CCN(c2ncc3c(ncn3C)n2)C1. The normalized spacial score (nSPS) is 18.2. The number of esters is 1. The van der Waals surface area contributed by atoms with Crippen molar-refractivity contribution in [1.29, 1.82) is 0 Å². The van der Waals surface area contributed by atoms with Crippen LogP contribution in [0.5, 0.6) is 0 Å². The van der Waals surface area contributed by atoms with Crippen LogP contribution in [-0.4, -0.2) is 45.2 Å². The molecule has 1 aliphatic rings. The first kappa shape index (κ1) is 13.5. The molecule has 2 aromatic heterocycles. The third-order valence-electron chi connectivity index (χ3n) is 3.45. The quantitative estimate of drug-likeness (QED) is 0.617. The monoisotopic (exact) mass is 287 g/mol. The van der Waals surface area contributed by atoms with Crippen LogP contribution in [0.4, 0.5) is 5.95 Å². The molecule has 2 aromatic rings. The van der Waals surface area contributed by atoms with Crippen molar-refractivity contribution in [3.8, 4) is 0 Å². The Kier molecular flexibility index (Phi) is 3.55. The predicted molar refractivity (Wildman–Crippen MR) is 77.8 cm³/mol. The van der Waals surface area contributed by atoms with Crippen molar-refractivity contribution in [1.82, 2.24) is 19.5 Å². The molecule has 0 fully saturated rings. The Morgan fingerprint density at radius 3 is 3.14 bits per heavy atom. The molecule has 0 saturated carbocycles. The molecule has 0 aromatic carbocycles. The first-order valence-corrected chi connectivity index (χ1v) is 6.91. The van der Waals surface area contributed by atoms with Gasteiger partial charge in [0.15, 0.2) is 5.65 Å². The van der Waals surface area contributed by atoms with E-state index in [2.05, 4.69) is 15.0 Å². The van der Waals surface area contributed by atoms with Crippen LogP contribution in [0.3, 0.4) is 0 Å². The van der Waals surface area contributed by atoms with Gasteiger partial charge in [0.25, 0.3) is 0 Å². The lowest BCUT2D eigenvalue weighted by molar-refractivity contribution is -0.146. The Labute approximate surface area is 122 Å². The average molecular weight is 287 g/mol. The van der Waals surface area contributed by atoms with Gasteiger partial charge in [-0.05, 0) is 6.92 Å². The fraction of sp³-hybridized carbons (Fsp3) is 0.429. The molecule has 0 spiro atoms. The van der Waals surface area contributed by atoms with Crippen LogP contribution in [0.2, 0.25) is 0 Å². The van der Waals surface area contributed by atoms with Crippen LogP contribution in [-0.2, 0) is 16.6 Å². The molecule has 3 heterocycles. The number of rotatable bonds is 3. The van der Waals surface area contributed by atoms with E-state index in [4.69, 9.17) is 4.74 Å². The topological polar surface area (TPSA) is 73.1 Å². The van der Waals surface area contributed by atoms with E-state index in [0.717, 1.165) is 5.52 Å². The van der Waals surface area contributed by atoms with Crippen molar-refractivity contribution in [3.05, 3.63) is 24.7 Å². The maximum Gasteiger partial charge on any atom is 0.314 e. The second-order valence-corrected chi connectivity index (χ2v) is 4.93. The molecule has 1 unspecified atom stereocenters. The molecule has 7 heteroatoms. The van der Waals surface area contributed by atoms with Crippen LogP contribution in [0, 0.1) is 5.92 Å². The summed E-state index contributed by atoms with van der Waals surface area (Å²) in [5, 5.41) is 0. The maximum atomic E-state index is 11.8. The van der Waals surface area contributed by atoms with Gasteiger partial charge in [-0.2, -0.15) is 4.98 Å². The Balaban J connectivity index is 1.82. The van der Waals surface area contributed by atoms with Gasteiger partial charge in [0.05, 0.1) is 25.0 Å². The fourth-order valence-corrected chi connectivity index (χ4v) is 2.35. The summed E-state index contributed by atoms with van der Waals surface area (Å²) in [4.78, 5) is 26.8. The standard InChI is InChI=1S/C14H17N5O2/c1-3-21-13(20)10-5-4-6-19(8-10)14-15-7-11-12(17-14)16-9-18(11)2/h4-5,7,9-10H,3,6,8H2,1-2H3. The highest BCUT2D eigenvalue weighted by molar-refractivity contribution is 5.76. The number of hydrogen-bond donors (Lipinski definition) is 0. The van der Waals surface area contributed by atoms with Gasteiger partial charge < -0.3 is 14.2 Å². The first-order valence-electron chi connectivity index (χ1n) is 6.91. The molecule has 21 heavy (non-hydrogen) atoms. The third-order valence-corrected chi connectivity index (χ3v) is 3.45. The zero-order valence-electron chi connectivity index (χ0n) is 12.1. The molecule has 0 bridgehead atoms. The number of carbonyl (C=O) groups excluding carboxylic acids is 1. The number of ether oxygens (including phenoxy) is 1. The molecule has 110 valence electrons. The van der Waals surface area contributed by atoms with Crippen LogP contribution >= 0.6 is 0 Å². The summed E-state index contributed by atoms with van der Waals surface area (Å²) in [6.45, 7) is 3.39. The highest BCUT2D eigenvalue weighted by Crippen LogP contribution is 2.18. The summed E-state index contributed by atoms with van der Waals surface area (Å²) in [5.41, 5.74) is 1.54. The molecule has 0 aliphatic carbocycles. The number of aryl methyl sites for hydroxylation is 1. The summed E-state index contributed by atoms with van der Waals surface area (Å²) in [5.74, 6) is 0.0962. The van der Waals surface area contributed by atoms with Crippen molar-refractivity contribution in [2.75, 3.05) is 24.6 Å². The maximum absolute atomic E-state index is 11.8. The van der Waals surface area contributed by atoms with E-state index in [1.54, 1.807) is 19.4 Å². The van der Waals surface area contributed by atoms with Crippen molar-refractivity contribution in [2.24, 2.45) is 13.0 Å². The minimum atomic E-state index is -0.276. The van der Waals surface area contributed by atoms with Crippen LogP contribution < -0.4 is 4.90 Å². The molecule has 1 atom stereocenters. The molecule has 3 rings (SSSR count). The van der Waals surface area contributed by atoms with E-state index >= 15 is 0 Å². The number of hydrogen-bond acceptors (Lipinski definition) is 6. The summed E-state index contributed by atoms with van der Waals surface area (Å²) in [7, 11) is 1.90. The van der Waals surface area contributed by atoms with E-state index < -0.39 is 0 Å². The number of nitrogens with zero attached hydrogens (tertiary/aromatic N) is 5. The fourth-order valence-electron chi connectivity index (χ4n) is 2.35. The Morgan fingerprint density at radius 2 is 2.33 bits per heavy atom. The van der Waals surface area contributed by atoms with E-state index in [-0.39, 0.29) is 11.9 Å². The predicted octanol–water partition coefficient (Wildman–Crippen LogP) is 0.919. The highest BCUT2D eigenvalue weighted by atomic mass is 16.5. The van der Waals surface area contributed by atoms with Crippen molar-refractivity contribution < 1.29 is 9.53 Å². The van der Waals surface area contributed by atoms with Gasteiger partial charge in [-0.25, -0.2) is 9.97 Å². The Hall–Kier alpha value is -2.44. The molecule has 0 saturated heterocycles. The first-order chi connectivity index (χ1) is 10.2. The van der Waals surface area contributed by atoms with Crippen LogP contribution in [0.15, 0.2) is 24.7 Å². The molecular weight excluding hydrogens is 270 g/mol. The third kappa shape index (κ3) is 2.58. The lowest BCUT2D eigenvalue weighted by Gasteiger charge is -2.27. The number of carbonyl (C=O) groups is 1. The van der Waals surface area contributed by atoms with Crippen LogP contribution in [0.25, 0.3) is 11.2 Å². The summed E-state index contributed by atoms with van der Waals surface area (Å²) in [6.07, 6.45) is 7.29. The number of fused-ring (bicyclic) bond motifs is 1. The van der Waals surface area contributed by atoms with Gasteiger partial charge >= 0.3 is 5.97 Å².